The molecule has 0 aromatic heterocycles. The lowest BCUT2D eigenvalue weighted by Gasteiger charge is -2.16. The molecule has 2 aromatic carbocycles. The minimum atomic E-state index is -4.36. The molecule has 0 saturated carbocycles. The van der Waals surface area contributed by atoms with Crippen molar-refractivity contribution in [2.75, 3.05) is 11.4 Å². The highest BCUT2D eigenvalue weighted by Gasteiger charge is 2.44. The third-order valence-corrected chi connectivity index (χ3v) is 7.26. The van der Waals surface area contributed by atoms with E-state index in [0.717, 1.165) is 35.5 Å². The monoisotopic (exact) mass is 525 g/mol. The zero-order chi connectivity index (χ0) is 27.2. The van der Waals surface area contributed by atoms with E-state index in [1.54, 1.807) is 23.2 Å². The van der Waals surface area contributed by atoms with Gasteiger partial charge in [-0.3, -0.25) is 19.0 Å². The van der Waals surface area contributed by atoms with E-state index in [0.29, 0.717) is 13.0 Å². The van der Waals surface area contributed by atoms with Gasteiger partial charge in [0.05, 0.1) is 10.3 Å². The van der Waals surface area contributed by atoms with Crippen LogP contribution in [-0.2, 0) is 25.1 Å². The highest BCUT2D eigenvalue weighted by molar-refractivity contribution is 7.85. The molecule has 0 saturated heterocycles. The predicted molar refractivity (Wildman–Crippen MR) is 143 cm³/mol. The normalized spacial score (nSPS) is 14.9. The Hall–Kier alpha value is -3.56. The average molecular weight is 526 g/mol. The summed E-state index contributed by atoms with van der Waals surface area (Å²) in [5, 5.41) is 8.90. The molecule has 9 heteroatoms. The van der Waals surface area contributed by atoms with E-state index < -0.39 is 21.5 Å². The molecule has 0 atom stereocenters. The van der Waals surface area contributed by atoms with Crippen LogP contribution in [0.25, 0.3) is 0 Å². The van der Waals surface area contributed by atoms with Crippen LogP contribution in [0.4, 0.5) is 11.4 Å². The van der Waals surface area contributed by atoms with Crippen LogP contribution in [0.3, 0.4) is 0 Å². The maximum absolute atomic E-state index is 12.2. The number of para-hydroxylation sites is 1. The summed E-state index contributed by atoms with van der Waals surface area (Å²) >= 11 is 0. The number of benzene rings is 2. The lowest BCUT2D eigenvalue weighted by molar-refractivity contribution is -0.438. The Bertz CT molecular complexity index is 1360. The SMILES string of the molecule is CC(=O)N(/C=C/C=C/C1=[N+](CCCCCC(=O)O)c2ccc(S(=O)(=O)O)cc2C1(C)C)c1ccccc1. The zero-order valence-electron chi connectivity index (χ0n) is 21.3. The number of nitrogens with zero attached hydrogens (tertiary/aromatic N) is 2. The average Bonchev–Trinajstić information content (AvgIpc) is 3.04. The van der Waals surface area contributed by atoms with Crippen molar-refractivity contribution in [3.63, 3.8) is 0 Å². The first-order chi connectivity index (χ1) is 17.4. The molecule has 1 heterocycles. The first-order valence-corrected chi connectivity index (χ1v) is 13.6. The highest BCUT2D eigenvalue weighted by atomic mass is 32.2. The van der Waals surface area contributed by atoms with Crippen molar-refractivity contribution in [1.82, 2.24) is 0 Å². The van der Waals surface area contributed by atoms with Crippen LogP contribution < -0.4 is 4.90 Å². The molecule has 0 fully saturated rings. The molecule has 0 spiro atoms. The fourth-order valence-corrected chi connectivity index (χ4v) is 5.03. The third-order valence-electron chi connectivity index (χ3n) is 6.41. The van der Waals surface area contributed by atoms with Crippen molar-refractivity contribution in [2.24, 2.45) is 0 Å². The fraction of sp³-hybridized carbons (Fsp3) is 0.321. The van der Waals surface area contributed by atoms with Gasteiger partial charge in [0.2, 0.25) is 11.6 Å². The van der Waals surface area contributed by atoms with E-state index in [1.165, 1.54) is 19.1 Å². The molecule has 196 valence electrons. The summed E-state index contributed by atoms with van der Waals surface area (Å²) in [6.07, 6.45) is 9.43. The number of hydrogen-bond acceptors (Lipinski definition) is 4. The largest absolute Gasteiger partial charge is 0.481 e. The van der Waals surface area contributed by atoms with Gasteiger partial charge in [-0.15, -0.1) is 0 Å². The molecule has 1 aliphatic heterocycles. The second-order valence-corrected chi connectivity index (χ2v) is 10.9. The lowest BCUT2D eigenvalue weighted by atomic mass is 9.81. The number of anilines is 1. The topological polar surface area (TPSA) is 115 Å². The second-order valence-electron chi connectivity index (χ2n) is 9.45. The van der Waals surface area contributed by atoms with Crippen molar-refractivity contribution in [1.29, 1.82) is 0 Å². The molecule has 0 radical (unpaired) electrons. The molecule has 0 unspecified atom stereocenters. The van der Waals surface area contributed by atoms with Gasteiger partial charge in [0.15, 0.2) is 5.71 Å². The summed E-state index contributed by atoms with van der Waals surface area (Å²) in [5.41, 5.74) is 2.72. The van der Waals surface area contributed by atoms with Crippen molar-refractivity contribution >= 4 is 39.1 Å². The number of carboxylic acid groups (broad SMARTS) is 1. The van der Waals surface area contributed by atoms with Crippen LogP contribution >= 0.6 is 0 Å². The third kappa shape index (κ3) is 6.81. The van der Waals surface area contributed by atoms with Crippen LogP contribution in [-0.4, -0.2) is 46.8 Å². The van der Waals surface area contributed by atoms with Crippen molar-refractivity contribution in [2.45, 2.75) is 56.8 Å². The molecule has 37 heavy (non-hydrogen) atoms. The Morgan fingerprint density at radius 1 is 1.03 bits per heavy atom. The van der Waals surface area contributed by atoms with Gasteiger partial charge < -0.3 is 5.11 Å². The van der Waals surface area contributed by atoms with E-state index in [2.05, 4.69) is 4.58 Å². The zero-order valence-corrected chi connectivity index (χ0v) is 22.1. The van der Waals surface area contributed by atoms with Crippen LogP contribution in [0.5, 0.6) is 0 Å². The Kier molecular flexibility index (Phi) is 8.83. The number of carbonyl (C=O) groups is 2. The van der Waals surface area contributed by atoms with E-state index in [4.69, 9.17) is 5.11 Å². The summed E-state index contributed by atoms with van der Waals surface area (Å²) in [6, 6.07) is 13.9. The Morgan fingerprint density at radius 2 is 1.73 bits per heavy atom. The van der Waals surface area contributed by atoms with Crippen molar-refractivity contribution < 1.29 is 32.2 Å². The number of hydrogen-bond donors (Lipinski definition) is 2. The summed E-state index contributed by atoms with van der Waals surface area (Å²) < 4.78 is 35.3. The molecule has 1 amide bonds. The van der Waals surface area contributed by atoms with Gasteiger partial charge in [0.1, 0.15) is 6.54 Å². The van der Waals surface area contributed by atoms with Gasteiger partial charge in [-0.05, 0) is 57.0 Å². The van der Waals surface area contributed by atoms with Crippen molar-refractivity contribution in [3.05, 3.63) is 78.5 Å². The number of rotatable bonds is 11. The summed E-state index contributed by atoms with van der Waals surface area (Å²) in [6.45, 7) is 6.08. The van der Waals surface area contributed by atoms with Crippen LogP contribution in [0.2, 0.25) is 0 Å². The lowest BCUT2D eigenvalue weighted by Crippen LogP contribution is -2.28. The van der Waals surface area contributed by atoms with E-state index in [-0.39, 0.29) is 17.2 Å². The Balaban J connectivity index is 1.93. The van der Waals surface area contributed by atoms with E-state index >= 15 is 0 Å². The summed E-state index contributed by atoms with van der Waals surface area (Å²) in [4.78, 5) is 24.4. The van der Waals surface area contributed by atoms with Gasteiger partial charge in [0.25, 0.3) is 10.1 Å². The number of aliphatic carboxylic acids is 1. The first-order valence-electron chi connectivity index (χ1n) is 12.1. The quantitative estimate of drug-likeness (QED) is 0.183. The Labute approximate surface area is 218 Å². The molecular weight excluding hydrogens is 492 g/mol. The molecule has 1 aliphatic rings. The fourth-order valence-electron chi connectivity index (χ4n) is 4.52. The second kappa shape index (κ2) is 11.7. The first kappa shape index (κ1) is 28.0. The number of fused-ring (bicyclic) bond motifs is 1. The minimum Gasteiger partial charge on any atom is -0.481 e. The van der Waals surface area contributed by atoms with Gasteiger partial charge in [-0.1, -0.05) is 24.3 Å². The van der Waals surface area contributed by atoms with Crippen LogP contribution in [0, 0.1) is 0 Å². The number of allylic oxidation sites excluding steroid dienone is 3. The molecular formula is C28H33N2O6S+. The summed E-state index contributed by atoms with van der Waals surface area (Å²) in [7, 11) is -4.36. The molecule has 8 nitrogen and oxygen atoms in total. The van der Waals surface area contributed by atoms with Gasteiger partial charge >= 0.3 is 5.97 Å². The molecule has 2 aromatic rings. The number of unbranched alkanes of at least 4 members (excludes halogenated alkanes) is 2. The van der Waals surface area contributed by atoms with Crippen LogP contribution in [0.15, 0.2) is 77.9 Å². The van der Waals surface area contributed by atoms with Gasteiger partial charge in [-0.25, -0.2) is 0 Å². The Morgan fingerprint density at radius 3 is 2.35 bits per heavy atom. The smallest absolute Gasteiger partial charge is 0.303 e. The molecule has 3 rings (SSSR count). The van der Waals surface area contributed by atoms with Gasteiger partial charge in [0, 0.05) is 49.4 Å². The van der Waals surface area contributed by atoms with Gasteiger partial charge in [-0.2, -0.15) is 13.0 Å². The van der Waals surface area contributed by atoms with E-state index in [1.807, 2.05) is 56.3 Å². The summed E-state index contributed by atoms with van der Waals surface area (Å²) in [5.74, 6) is -0.944. The molecule has 0 aliphatic carbocycles. The van der Waals surface area contributed by atoms with Crippen LogP contribution in [0.1, 0.15) is 52.0 Å². The maximum atomic E-state index is 12.2. The highest BCUT2D eigenvalue weighted by Crippen LogP contribution is 2.41. The predicted octanol–water partition coefficient (Wildman–Crippen LogP) is 5.08. The molecule has 2 N–H and O–H groups in total. The minimum absolute atomic E-state index is 0.120. The molecule has 0 bridgehead atoms. The number of carboxylic acids is 1. The van der Waals surface area contributed by atoms with E-state index in [9.17, 15) is 22.6 Å². The number of amides is 1. The van der Waals surface area contributed by atoms with Crippen molar-refractivity contribution in [3.8, 4) is 0 Å². The maximum Gasteiger partial charge on any atom is 0.303 e. The standard InChI is InChI=1S/C28H32N2O6S/c1-21(31)29(22-12-6-4-7-13-22)18-11-9-14-26-28(2,3)24-20-23(37(34,35)36)16-17-25(24)30(26)19-10-5-8-15-27(32)33/h4,6-7,9,11-14,16-18,20H,5,8,10,15,19H2,1-3H3,(H-,32,33,34,35,36)/p+1. The number of carbonyl (C=O) groups excluding carboxylic acids is 1.